The number of thiophene rings is 1. The van der Waals surface area contributed by atoms with Crippen molar-refractivity contribution in [1.82, 2.24) is 15.3 Å². The number of hydrogen-bond acceptors (Lipinski definition) is 5. The zero-order chi connectivity index (χ0) is 16.1. The van der Waals surface area contributed by atoms with Crippen LogP contribution in [0.4, 0.5) is 19.0 Å². The average Bonchev–Trinajstić information content (AvgIpc) is 3.17. The van der Waals surface area contributed by atoms with E-state index in [9.17, 15) is 13.2 Å². The van der Waals surface area contributed by atoms with E-state index in [1.807, 2.05) is 0 Å². The van der Waals surface area contributed by atoms with Gasteiger partial charge >= 0.3 is 6.18 Å². The SMILES string of the molecule is FC(F)(F)Cc1cc2c(N3CCC4(CCNC4)C3)ncnc2s1. The summed E-state index contributed by atoms with van der Waals surface area (Å²) in [6, 6.07) is 1.61. The molecule has 4 nitrogen and oxygen atoms in total. The van der Waals surface area contributed by atoms with Crippen LogP contribution in [0.15, 0.2) is 12.4 Å². The molecule has 124 valence electrons. The summed E-state index contributed by atoms with van der Waals surface area (Å²) >= 11 is 1.11. The number of fused-ring (bicyclic) bond motifs is 1. The molecule has 0 aromatic carbocycles. The predicted octanol–water partition coefficient (Wildman–Crippen LogP) is 2.99. The van der Waals surface area contributed by atoms with E-state index in [2.05, 4.69) is 20.2 Å². The van der Waals surface area contributed by atoms with Crippen molar-refractivity contribution in [3.8, 4) is 0 Å². The fourth-order valence-electron chi connectivity index (χ4n) is 3.69. The molecule has 2 saturated heterocycles. The Kier molecular flexibility index (Phi) is 3.49. The smallest absolute Gasteiger partial charge is 0.355 e. The van der Waals surface area contributed by atoms with E-state index in [4.69, 9.17) is 0 Å². The minimum Gasteiger partial charge on any atom is -0.355 e. The van der Waals surface area contributed by atoms with Crippen LogP contribution in [-0.2, 0) is 6.42 Å². The normalized spacial score (nSPS) is 25.1. The zero-order valence-electron chi connectivity index (χ0n) is 12.5. The Bertz CT molecular complexity index is 721. The standard InChI is InChI=1S/C15H17F3N4S/c16-15(17,18)6-10-5-11-12(20-9-21-13(11)23-10)22-4-2-14(8-22)1-3-19-7-14/h5,9,19H,1-4,6-8H2. The molecular weight excluding hydrogens is 325 g/mol. The molecule has 0 aliphatic carbocycles. The van der Waals surface area contributed by atoms with Crippen molar-refractivity contribution >= 4 is 27.4 Å². The van der Waals surface area contributed by atoms with Gasteiger partial charge in [0.2, 0.25) is 0 Å². The quantitative estimate of drug-likeness (QED) is 0.911. The Morgan fingerprint density at radius 2 is 2.17 bits per heavy atom. The highest BCUT2D eigenvalue weighted by molar-refractivity contribution is 7.18. The van der Waals surface area contributed by atoms with Crippen LogP contribution < -0.4 is 10.2 Å². The van der Waals surface area contributed by atoms with Gasteiger partial charge in [0.15, 0.2) is 0 Å². The molecule has 1 N–H and O–H groups in total. The van der Waals surface area contributed by atoms with Crippen molar-refractivity contribution in [2.45, 2.75) is 25.4 Å². The van der Waals surface area contributed by atoms with Crippen molar-refractivity contribution in [1.29, 1.82) is 0 Å². The second-order valence-electron chi connectivity index (χ2n) is 6.52. The summed E-state index contributed by atoms with van der Waals surface area (Å²) in [5.41, 5.74) is 0.294. The van der Waals surface area contributed by atoms with Gasteiger partial charge in [-0.05, 0) is 25.5 Å². The fourth-order valence-corrected chi connectivity index (χ4v) is 4.71. The van der Waals surface area contributed by atoms with Crippen LogP contribution in [0.2, 0.25) is 0 Å². The molecule has 2 aliphatic rings. The maximum Gasteiger partial charge on any atom is 0.393 e. The van der Waals surface area contributed by atoms with Gasteiger partial charge in [-0.25, -0.2) is 9.97 Å². The minimum atomic E-state index is -4.19. The van der Waals surface area contributed by atoms with E-state index in [1.54, 1.807) is 6.07 Å². The van der Waals surface area contributed by atoms with E-state index >= 15 is 0 Å². The van der Waals surface area contributed by atoms with Crippen LogP contribution in [0.1, 0.15) is 17.7 Å². The maximum atomic E-state index is 12.6. The van der Waals surface area contributed by atoms with E-state index in [0.717, 1.165) is 61.6 Å². The lowest BCUT2D eigenvalue weighted by atomic mass is 9.87. The molecule has 8 heteroatoms. The number of aromatic nitrogens is 2. The maximum absolute atomic E-state index is 12.6. The van der Waals surface area contributed by atoms with Crippen LogP contribution in [0.5, 0.6) is 0 Å². The van der Waals surface area contributed by atoms with Crippen LogP contribution in [-0.4, -0.2) is 42.3 Å². The molecule has 0 radical (unpaired) electrons. The molecule has 2 aromatic rings. The van der Waals surface area contributed by atoms with Gasteiger partial charge in [-0.15, -0.1) is 11.3 Å². The highest BCUT2D eigenvalue weighted by Crippen LogP contribution is 2.40. The summed E-state index contributed by atoms with van der Waals surface area (Å²) in [5.74, 6) is 0.781. The first-order chi connectivity index (χ1) is 10.9. The molecule has 0 bridgehead atoms. The summed E-state index contributed by atoms with van der Waals surface area (Å²) in [5, 5.41) is 4.16. The van der Waals surface area contributed by atoms with Gasteiger partial charge in [0.05, 0.1) is 11.8 Å². The van der Waals surface area contributed by atoms with Gasteiger partial charge in [0.1, 0.15) is 17.0 Å². The lowest BCUT2D eigenvalue weighted by Crippen LogP contribution is -2.29. The molecule has 0 amide bonds. The van der Waals surface area contributed by atoms with Crippen molar-refractivity contribution in [2.75, 3.05) is 31.1 Å². The monoisotopic (exact) mass is 342 g/mol. The predicted molar refractivity (Wildman–Crippen MR) is 83.9 cm³/mol. The Balaban J connectivity index is 1.65. The highest BCUT2D eigenvalue weighted by Gasteiger charge is 2.41. The molecule has 2 aliphatic heterocycles. The van der Waals surface area contributed by atoms with Crippen molar-refractivity contribution < 1.29 is 13.2 Å². The van der Waals surface area contributed by atoms with Crippen molar-refractivity contribution in [3.63, 3.8) is 0 Å². The number of nitrogens with zero attached hydrogens (tertiary/aromatic N) is 3. The van der Waals surface area contributed by atoms with Crippen molar-refractivity contribution in [2.24, 2.45) is 5.41 Å². The molecule has 2 aromatic heterocycles. The lowest BCUT2D eigenvalue weighted by Gasteiger charge is -2.23. The first-order valence-corrected chi connectivity index (χ1v) is 8.52. The topological polar surface area (TPSA) is 41.0 Å². The average molecular weight is 342 g/mol. The first-order valence-electron chi connectivity index (χ1n) is 7.70. The van der Waals surface area contributed by atoms with Gasteiger partial charge in [-0.3, -0.25) is 0 Å². The van der Waals surface area contributed by atoms with E-state index in [1.165, 1.54) is 6.33 Å². The molecule has 1 spiro atoms. The highest BCUT2D eigenvalue weighted by atomic mass is 32.1. The number of nitrogens with one attached hydrogen (secondary N) is 1. The lowest BCUT2D eigenvalue weighted by molar-refractivity contribution is -0.126. The summed E-state index contributed by atoms with van der Waals surface area (Å²) in [7, 11) is 0. The minimum absolute atomic E-state index is 0.294. The molecule has 1 atom stereocenters. The third kappa shape index (κ3) is 2.89. The third-order valence-electron chi connectivity index (χ3n) is 4.80. The zero-order valence-corrected chi connectivity index (χ0v) is 13.3. The molecule has 0 saturated carbocycles. The van der Waals surface area contributed by atoms with Crippen LogP contribution >= 0.6 is 11.3 Å². The van der Waals surface area contributed by atoms with Gasteiger partial charge in [-0.1, -0.05) is 0 Å². The summed E-state index contributed by atoms with van der Waals surface area (Å²) < 4.78 is 37.9. The molecule has 2 fully saturated rings. The van der Waals surface area contributed by atoms with Crippen LogP contribution in [0.3, 0.4) is 0 Å². The molecule has 1 unspecified atom stereocenters. The van der Waals surface area contributed by atoms with E-state index in [-0.39, 0.29) is 0 Å². The van der Waals surface area contributed by atoms with Crippen LogP contribution in [0, 0.1) is 5.41 Å². The molecule has 23 heavy (non-hydrogen) atoms. The third-order valence-corrected chi connectivity index (χ3v) is 5.85. The summed E-state index contributed by atoms with van der Waals surface area (Å²) in [6.07, 6.45) is -1.38. The number of hydrogen-bond donors (Lipinski definition) is 1. The number of anilines is 1. The van der Waals surface area contributed by atoms with E-state index in [0.29, 0.717) is 15.1 Å². The second kappa shape index (κ2) is 5.31. The van der Waals surface area contributed by atoms with Gasteiger partial charge in [0, 0.05) is 29.9 Å². The van der Waals surface area contributed by atoms with Gasteiger partial charge < -0.3 is 10.2 Å². The molecule has 4 heterocycles. The summed E-state index contributed by atoms with van der Waals surface area (Å²) in [6.45, 7) is 3.87. The Morgan fingerprint density at radius 3 is 2.91 bits per heavy atom. The van der Waals surface area contributed by atoms with Crippen molar-refractivity contribution in [3.05, 3.63) is 17.3 Å². The fraction of sp³-hybridized carbons (Fsp3) is 0.600. The molecular formula is C15H17F3N4S. The molecule has 4 rings (SSSR count). The Morgan fingerprint density at radius 1 is 1.30 bits per heavy atom. The summed E-state index contributed by atoms with van der Waals surface area (Å²) in [4.78, 5) is 11.7. The number of rotatable bonds is 2. The largest absolute Gasteiger partial charge is 0.393 e. The Hall–Kier alpha value is -1.41. The number of alkyl halides is 3. The second-order valence-corrected chi connectivity index (χ2v) is 7.63. The Labute approximate surface area is 135 Å². The van der Waals surface area contributed by atoms with Crippen LogP contribution in [0.25, 0.3) is 10.2 Å². The number of halogens is 3. The van der Waals surface area contributed by atoms with E-state index < -0.39 is 12.6 Å². The van der Waals surface area contributed by atoms with Gasteiger partial charge in [-0.2, -0.15) is 13.2 Å². The van der Waals surface area contributed by atoms with Gasteiger partial charge in [0.25, 0.3) is 0 Å². The first kappa shape index (κ1) is 15.1.